The molecule has 0 saturated carbocycles. The number of benzene rings is 1. The van der Waals surface area contributed by atoms with Crippen LogP contribution in [0.2, 0.25) is 0 Å². The fourth-order valence-corrected chi connectivity index (χ4v) is 2.72. The highest BCUT2D eigenvalue weighted by Gasteiger charge is 2.28. The predicted octanol–water partition coefficient (Wildman–Crippen LogP) is 3.28. The molecule has 0 fully saturated rings. The number of nitrogens with zero attached hydrogens (tertiary/aromatic N) is 1. The maximum Gasteiger partial charge on any atom is 0.339 e. The maximum atomic E-state index is 12.7. The Bertz CT molecular complexity index is 884. The van der Waals surface area contributed by atoms with Crippen molar-refractivity contribution in [1.82, 2.24) is 4.98 Å². The second kappa shape index (κ2) is 7.38. The molecule has 1 atom stereocenters. The number of carbonyl (C=O) groups is 2. The molecular weight excluding hydrogens is 340 g/mol. The molecule has 2 aromatic rings. The number of ketones is 1. The number of carbonyl (C=O) groups excluding carboxylic acids is 2. The van der Waals surface area contributed by atoms with Gasteiger partial charge in [-0.05, 0) is 44.9 Å². The fraction of sp³-hybridized carbons (Fsp3) is 0.333. The Hall–Kier alpha value is -3.16. The van der Waals surface area contributed by atoms with Gasteiger partial charge in [0.25, 0.3) is 0 Å². The average Bonchev–Trinajstić information content (AvgIpc) is 2.89. The van der Waals surface area contributed by atoms with E-state index in [0.29, 0.717) is 22.4 Å². The van der Waals surface area contributed by atoms with Gasteiger partial charge in [-0.2, -0.15) is 0 Å². The first-order valence-corrected chi connectivity index (χ1v) is 7.90. The number of Topliss-reactive ketones (excluding diaryl/α,β-unsaturated/α-hetero) is 1. The first-order valence-electron chi connectivity index (χ1n) is 7.90. The van der Waals surface area contributed by atoms with Crippen LogP contribution in [-0.4, -0.2) is 34.9 Å². The summed E-state index contributed by atoms with van der Waals surface area (Å²) in [6.07, 6.45) is -0.987. The van der Waals surface area contributed by atoms with Gasteiger partial charge in [0, 0.05) is 11.8 Å². The second-order valence-corrected chi connectivity index (χ2v) is 5.97. The number of hydrogen-bond donors (Lipinski definition) is 1. The normalized spacial score (nSPS) is 11.7. The highest BCUT2D eigenvalue weighted by atomic mass is 16.6. The summed E-state index contributed by atoms with van der Waals surface area (Å²) in [5.41, 5.74) is 1.97. The van der Waals surface area contributed by atoms with Crippen LogP contribution in [0.4, 0.5) is 5.69 Å². The summed E-state index contributed by atoms with van der Waals surface area (Å²) in [5, 5.41) is 11.2. The van der Waals surface area contributed by atoms with Gasteiger partial charge in [0.1, 0.15) is 0 Å². The van der Waals surface area contributed by atoms with E-state index in [9.17, 15) is 19.7 Å². The summed E-state index contributed by atoms with van der Waals surface area (Å²) in [5.74, 6) is -0.954. The van der Waals surface area contributed by atoms with Crippen LogP contribution in [-0.2, 0) is 4.74 Å². The van der Waals surface area contributed by atoms with Crippen molar-refractivity contribution in [2.24, 2.45) is 0 Å². The zero-order chi connectivity index (χ0) is 19.6. The minimum atomic E-state index is -0.987. The SMILES string of the molecule is COC(=O)c1c(C)[nH]c(C(=O)[C@@H](C)Oc2ccc(C)cc2[N+](=O)[O-])c1C. The number of rotatable bonds is 6. The van der Waals surface area contributed by atoms with Gasteiger partial charge in [-0.15, -0.1) is 0 Å². The van der Waals surface area contributed by atoms with E-state index in [1.165, 1.54) is 26.2 Å². The molecule has 0 spiro atoms. The van der Waals surface area contributed by atoms with E-state index in [-0.39, 0.29) is 17.1 Å². The van der Waals surface area contributed by atoms with E-state index in [2.05, 4.69) is 4.98 Å². The first-order chi connectivity index (χ1) is 12.2. The summed E-state index contributed by atoms with van der Waals surface area (Å²) in [4.78, 5) is 38.1. The number of ether oxygens (including phenoxy) is 2. The number of hydrogen-bond acceptors (Lipinski definition) is 6. The third-order valence-electron chi connectivity index (χ3n) is 4.06. The van der Waals surface area contributed by atoms with E-state index >= 15 is 0 Å². The maximum absolute atomic E-state index is 12.7. The van der Waals surface area contributed by atoms with Crippen LogP contribution < -0.4 is 4.74 Å². The van der Waals surface area contributed by atoms with Gasteiger partial charge in [-0.3, -0.25) is 14.9 Å². The summed E-state index contributed by atoms with van der Waals surface area (Å²) in [6.45, 7) is 6.51. The zero-order valence-corrected chi connectivity index (χ0v) is 15.2. The van der Waals surface area contributed by atoms with Gasteiger partial charge in [-0.1, -0.05) is 6.07 Å². The minimum absolute atomic E-state index is 0.00979. The summed E-state index contributed by atoms with van der Waals surface area (Å²) in [6, 6.07) is 4.51. The van der Waals surface area contributed by atoms with Crippen molar-refractivity contribution in [3.63, 3.8) is 0 Å². The quantitative estimate of drug-likeness (QED) is 0.366. The third kappa shape index (κ3) is 3.58. The van der Waals surface area contributed by atoms with Crippen molar-refractivity contribution in [2.75, 3.05) is 7.11 Å². The number of aromatic amines is 1. The number of nitro groups is 1. The lowest BCUT2D eigenvalue weighted by molar-refractivity contribution is -0.386. The van der Waals surface area contributed by atoms with E-state index < -0.39 is 22.8 Å². The molecular formula is C18H20N2O6. The van der Waals surface area contributed by atoms with Crippen LogP contribution in [0.15, 0.2) is 18.2 Å². The monoisotopic (exact) mass is 360 g/mol. The molecule has 1 aromatic heterocycles. The molecule has 0 saturated heterocycles. The molecule has 0 aliphatic rings. The number of nitro benzene ring substituents is 1. The van der Waals surface area contributed by atoms with Gasteiger partial charge in [0.15, 0.2) is 11.9 Å². The minimum Gasteiger partial charge on any atom is -0.475 e. The molecule has 26 heavy (non-hydrogen) atoms. The first kappa shape index (κ1) is 19.2. The molecule has 1 aromatic carbocycles. The Morgan fingerprint density at radius 1 is 1.23 bits per heavy atom. The second-order valence-electron chi connectivity index (χ2n) is 5.97. The lowest BCUT2D eigenvalue weighted by atomic mass is 10.1. The van der Waals surface area contributed by atoms with Gasteiger partial charge >= 0.3 is 11.7 Å². The zero-order valence-electron chi connectivity index (χ0n) is 15.2. The third-order valence-corrected chi connectivity index (χ3v) is 4.06. The Morgan fingerprint density at radius 2 is 1.88 bits per heavy atom. The van der Waals surface area contributed by atoms with Crippen LogP contribution in [0.25, 0.3) is 0 Å². The molecule has 0 aliphatic carbocycles. The van der Waals surface area contributed by atoms with E-state index in [4.69, 9.17) is 9.47 Å². The van der Waals surface area contributed by atoms with Crippen molar-refractivity contribution in [3.05, 3.63) is 56.4 Å². The fourth-order valence-electron chi connectivity index (χ4n) is 2.72. The molecule has 0 aliphatic heterocycles. The Morgan fingerprint density at radius 3 is 2.46 bits per heavy atom. The molecule has 8 heteroatoms. The Kier molecular flexibility index (Phi) is 5.44. The predicted molar refractivity (Wildman–Crippen MR) is 93.9 cm³/mol. The van der Waals surface area contributed by atoms with Crippen molar-refractivity contribution in [2.45, 2.75) is 33.8 Å². The Balaban J connectivity index is 2.32. The highest BCUT2D eigenvalue weighted by molar-refractivity contribution is 6.03. The standard InChI is InChI=1S/C18H20N2O6/c1-9-6-7-14(13(8-9)20(23)24)26-12(4)17(21)16-10(2)15(11(3)19-16)18(22)25-5/h6-8,12,19H,1-5H3/t12-/m1/s1. The lowest BCUT2D eigenvalue weighted by Crippen LogP contribution is -2.25. The van der Waals surface area contributed by atoms with Gasteiger partial charge in [0.2, 0.25) is 5.78 Å². The van der Waals surface area contributed by atoms with E-state index in [1.807, 2.05) is 0 Å². The van der Waals surface area contributed by atoms with Crippen molar-refractivity contribution in [3.8, 4) is 5.75 Å². The molecule has 0 radical (unpaired) electrons. The molecule has 0 unspecified atom stereocenters. The molecule has 1 heterocycles. The van der Waals surface area contributed by atoms with E-state index in [1.54, 1.807) is 26.8 Å². The lowest BCUT2D eigenvalue weighted by Gasteiger charge is -2.14. The van der Waals surface area contributed by atoms with Crippen molar-refractivity contribution >= 4 is 17.4 Å². The van der Waals surface area contributed by atoms with Crippen molar-refractivity contribution < 1.29 is 24.0 Å². The van der Waals surface area contributed by atoms with Gasteiger partial charge in [-0.25, -0.2) is 4.79 Å². The van der Waals surface area contributed by atoms with Crippen LogP contribution in [0.1, 0.15) is 44.6 Å². The molecule has 2 rings (SSSR count). The summed E-state index contributed by atoms with van der Waals surface area (Å²) in [7, 11) is 1.26. The number of methoxy groups -OCH3 is 1. The topological polar surface area (TPSA) is 112 Å². The average molecular weight is 360 g/mol. The number of H-pyrrole nitrogens is 1. The molecule has 0 bridgehead atoms. The van der Waals surface area contributed by atoms with E-state index in [0.717, 1.165) is 0 Å². The van der Waals surface area contributed by atoms with Crippen LogP contribution >= 0.6 is 0 Å². The highest BCUT2D eigenvalue weighted by Crippen LogP contribution is 2.29. The summed E-state index contributed by atoms with van der Waals surface area (Å²) >= 11 is 0. The number of aryl methyl sites for hydroxylation is 2. The molecule has 1 N–H and O–H groups in total. The number of nitrogens with one attached hydrogen (secondary N) is 1. The van der Waals surface area contributed by atoms with Gasteiger partial charge < -0.3 is 14.5 Å². The molecule has 0 amide bonds. The number of aromatic nitrogens is 1. The molecule has 8 nitrogen and oxygen atoms in total. The smallest absolute Gasteiger partial charge is 0.339 e. The van der Waals surface area contributed by atoms with Crippen LogP contribution in [0.3, 0.4) is 0 Å². The van der Waals surface area contributed by atoms with Crippen molar-refractivity contribution in [1.29, 1.82) is 0 Å². The molecule has 138 valence electrons. The largest absolute Gasteiger partial charge is 0.475 e. The number of esters is 1. The van der Waals surface area contributed by atoms with Crippen LogP contribution in [0.5, 0.6) is 5.75 Å². The summed E-state index contributed by atoms with van der Waals surface area (Å²) < 4.78 is 10.3. The van der Waals surface area contributed by atoms with Crippen LogP contribution in [0, 0.1) is 30.9 Å². The van der Waals surface area contributed by atoms with Gasteiger partial charge in [0.05, 0.1) is 23.3 Å². The Labute approximate surface area is 150 Å².